The van der Waals surface area contributed by atoms with Crippen LogP contribution in [0.15, 0.2) is 42.5 Å². The largest absolute Gasteiger partial charge is 0.419 e. The van der Waals surface area contributed by atoms with E-state index in [0.717, 1.165) is 6.07 Å². The molecule has 7 heteroatoms. The van der Waals surface area contributed by atoms with E-state index in [-0.39, 0.29) is 11.3 Å². The summed E-state index contributed by atoms with van der Waals surface area (Å²) < 4.78 is 50.9. The van der Waals surface area contributed by atoms with E-state index in [4.69, 9.17) is 5.26 Å². The van der Waals surface area contributed by atoms with Gasteiger partial charge in [-0.2, -0.15) is 18.4 Å². The van der Waals surface area contributed by atoms with E-state index in [1.54, 1.807) is 0 Å². The SMILES string of the molecule is N#Cc1ccc(C(=O)Nc2ccc(F)c(C(F)(F)F)c2)cc1. The van der Waals surface area contributed by atoms with E-state index in [9.17, 15) is 22.4 Å². The number of nitriles is 1. The van der Waals surface area contributed by atoms with Crippen LogP contribution in [0.5, 0.6) is 0 Å². The van der Waals surface area contributed by atoms with Crippen LogP contribution >= 0.6 is 0 Å². The summed E-state index contributed by atoms with van der Waals surface area (Å²) in [5.41, 5.74) is -1.12. The summed E-state index contributed by atoms with van der Waals surface area (Å²) >= 11 is 0. The Morgan fingerprint density at radius 3 is 2.27 bits per heavy atom. The molecule has 0 saturated heterocycles. The van der Waals surface area contributed by atoms with E-state index < -0.39 is 23.5 Å². The predicted molar refractivity (Wildman–Crippen MR) is 70.5 cm³/mol. The lowest BCUT2D eigenvalue weighted by molar-refractivity contribution is -0.139. The molecule has 0 saturated carbocycles. The molecule has 1 N–H and O–H groups in total. The van der Waals surface area contributed by atoms with E-state index in [0.29, 0.717) is 17.7 Å². The number of amides is 1. The van der Waals surface area contributed by atoms with Gasteiger partial charge in [-0.05, 0) is 42.5 Å². The number of anilines is 1. The van der Waals surface area contributed by atoms with Crippen LogP contribution in [-0.2, 0) is 6.18 Å². The number of carbonyl (C=O) groups excluding carboxylic acids is 1. The zero-order chi connectivity index (χ0) is 16.3. The maximum absolute atomic E-state index is 13.1. The Kier molecular flexibility index (Phi) is 4.13. The van der Waals surface area contributed by atoms with Gasteiger partial charge in [0.15, 0.2) is 0 Å². The fourth-order valence-corrected chi connectivity index (χ4v) is 1.72. The second kappa shape index (κ2) is 5.85. The molecular formula is C15H8F4N2O. The summed E-state index contributed by atoms with van der Waals surface area (Å²) in [6, 6.07) is 9.60. The lowest BCUT2D eigenvalue weighted by Crippen LogP contribution is -2.14. The molecule has 0 atom stereocenters. The third-order valence-electron chi connectivity index (χ3n) is 2.81. The standard InChI is InChI=1S/C15H8F4N2O/c16-13-6-5-11(7-12(13)15(17,18)19)21-14(22)10-3-1-9(8-20)2-4-10/h1-7H,(H,21,22). The molecule has 0 aliphatic heterocycles. The third-order valence-corrected chi connectivity index (χ3v) is 2.81. The highest BCUT2D eigenvalue weighted by Gasteiger charge is 2.34. The highest BCUT2D eigenvalue weighted by molar-refractivity contribution is 6.04. The Labute approximate surface area is 122 Å². The van der Waals surface area contributed by atoms with Crippen molar-refractivity contribution < 1.29 is 22.4 Å². The summed E-state index contributed by atoms with van der Waals surface area (Å²) in [5, 5.41) is 10.9. The molecule has 0 radical (unpaired) electrons. The Morgan fingerprint density at radius 2 is 1.73 bits per heavy atom. The zero-order valence-corrected chi connectivity index (χ0v) is 10.9. The maximum atomic E-state index is 13.1. The number of nitrogens with zero attached hydrogens (tertiary/aromatic N) is 1. The molecule has 0 aliphatic rings. The fraction of sp³-hybridized carbons (Fsp3) is 0.0667. The highest BCUT2D eigenvalue weighted by atomic mass is 19.4. The average molecular weight is 308 g/mol. The molecule has 2 aromatic rings. The minimum absolute atomic E-state index is 0.164. The van der Waals surface area contributed by atoms with Crippen molar-refractivity contribution in [2.75, 3.05) is 5.32 Å². The van der Waals surface area contributed by atoms with Crippen molar-refractivity contribution in [2.24, 2.45) is 0 Å². The van der Waals surface area contributed by atoms with Gasteiger partial charge < -0.3 is 5.32 Å². The van der Waals surface area contributed by atoms with Crippen LogP contribution in [0.3, 0.4) is 0 Å². The van der Waals surface area contributed by atoms with Crippen molar-refractivity contribution in [3.05, 3.63) is 65.0 Å². The minimum Gasteiger partial charge on any atom is -0.322 e. The third kappa shape index (κ3) is 3.41. The van der Waals surface area contributed by atoms with Gasteiger partial charge in [-0.1, -0.05) is 0 Å². The first-order valence-corrected chi connectivity index (χ1v) is 5.99. The van der Waals surface area contributed by atoms with Crippen LogP contribution in [0, 0.1) is 17.1 Å². The van der Waals surface area contributed by atoms with Gasteiger partial charge in [-0.15, -0.1) is 0 Å². The minimum atomic E-state index is -4.85. The number of benzene rings is 2. The van der Waals surface area contributed by atoms with Gasteiger partial charge in [0.05, 0.1) is 17.2 Å². The summed E-state index contributed by atoms with van der Waals surface area (Å²) in [7, 11) is 0. The first-order chi connectivity index (χ1) is 10.3. The molecule has 0 spiro atoms. The Bertz CT molecular complexity index is 746. The summed E-state index contributed by atoms with van der Waals surface area (Å²) in [6.45, 7) is 0. The van der Waals surface area contributed by atoms with Crippen molar-refractivity contribution in [3.63, 3.8) is 0 Å². The van der Waals surface area contributed by atoms with Crippen LogP contribution in [-0.4, -0.2) is 5.91 Å². The maximum Gasteiger partial charge on any atom is 0.419 e. The summed E-state index contributed by atoms with van der Waals surface area (Å²) in [4.78, 5) is 11.9. The van der Waals surface area contributed by atoms with E-state index in [2.05, 4.69) is 5.32 Å². The number of hydrogen-bond acceptors (Lipinski definition) is 2. The number of carbonyl (C=O) groups is 1. The first kappa shape index (κ1) is 15.5. The fourth-order valence-electron chi connectivity index (χ4n) is 1.72. The number of rotatable bonds is 2. The van der Waals surface area contributed by atoms with Gasteiger partial charge in [-0.25, -0.2) is 4.39 Å². The molecule has 0 unspecified atom stereocenters. The highest BCUT2D eigenvalue weighted by Crippen LogP contribution is 2.33. The first-order valence-electron chi connectivity index (χ1n) is 5.99. The molecule has 1 amide bonds. The van der Waals surface area contributed by atoms with Crippen molar-refractivity contribution in [1.82, 2.24) is 0 Å². The molecule has 0 aliphatic carbocycles. The topological polar surface area (TPSA) is 52.9 Å². The lowest BCUT2D eigenvalue weighted by Gasteiger charge is -2.11. The Morgan fingerprint density at radius 1 is 1.09 bits per heavy atom. The van der Waals surface area contributed by atoms with Crippen molar-refractivity contribution >= 4 is 11.6 Å². The smallest absolute Gasteiger partial charge is 0.322 e. The number of hydrogen-bond donors (Lipinski definition) is 1. The van der Waals surface area contributed by atoms with Gasteiger partial charge >= 0.3 is 6.18 Å². The number of alkyl halides is 3. The van der Waals surface area contributed by atoms with Crippen molar-refractivity contribution in [2.45, 2.75) is 6.18 Å². The zero-order valence-electron chi connectivity index (χ0n) is 10.9. The van der Waals surface area contributed by atoms with E-state index in [1.807, 2.05) is 6.07 Å². The molecule has 22 heavy (non-hydrogen) atoms. The van der Waals surface area contributed by atoms with Gasteiger partial charge in [0.1, 0.15) is 5.82 Å². The Balaban J connectivity index is 2.23. The van der Waals surface area contributed by atoms with E-state index >= 15 is 0 Å². The molecule has 3 nitrogen and oxygen atoms in total. The molecule has 2 aromatic carbocycles. The quantitative estimate of drug-likeness (QED) is 0.854. The predicted octanol–water partition coefficient (Wildman–Crippen LogP) is 3.97. The normalized spacial score (nSPS) is 10.9. The molecule has 0 heterocycles. The number of halogens is 4. The van der Waals surface area contributed by atoms with Crippen molar-refractivity contribution in [1.29, 1.82) is 5.26 Å². The molecule has 112 valence electrons. The van der Waals surface area contributed by atoms with Crippen LogP contribution < -0.4 is 5.32 Å². The monoisotopic (exact) mass is 308 g/mol. The van der Waals surface area contributed by atoms with Crippen LogP contribution in [0.1, 0.15) is 21.5 Å². The Hall–Kier alpha value is -2.88. The second-order valence-electron chi connectivity index (χ2n) is 4.34. The van der Waals surface area contributed by atoms with Gasteiger partial charge in [0.2, 0.25) is 0 Å². The molecule has 0 aromatic heterocycles. The molecule has 0 fully saturated rings. The molecule has 2 rings (SSSR count). The second-order valence-corrected chi connectivity index (χ2v) is 4.34. The van der Waals surface area contributed by atoms with E-state index in [1.165, 1.54) is 24.3 Å². The van der Waals surface area contributed by atoms with Crippen LogP contribution in [0.2, 0.25) is 0 Å². The molecular weight excluding hydrogens is 300 g/mol. The van der Waals surface area contributed by atoms with Crippen molar-refractivity contribution in [3.8, 4) is 6.07 Å². The van der Waals surface area contributed by atoms with Gasteiger partial charge in [0.25, 0.3) is 5.91 Å². The van der Waals surface area contributed by atoms with Gasteiger partial charge in [0, 0.05) is 11.3 Å². The average Bonchev–Trinajstić information content (AvgIpc) is 2.48. The summed E-state index contributed by atoms with van der Waals surface area (Å²) in [5.74, 6) is -2.08. The summed E-state index contributed by atoms with van der Waals surface area (Å²) in [6.07, 6.45) is -4.85. The number of nitrogens with one attached hydrogen (secondary N) is 1. The van der Waals surface area contributed by atoms with Crippen LogP contribution in [0.4, 0.5) is 23.2 Å². The van der Waals surface area contributed by atoms with Gasteiger partial charge in [-0.3, -0.25) is 4.79 Å². The molecule has 0 bridgehead atoms. The lowest BCUT2D eigenvalue weighted by atomic mass is 10.1. The van der Waals surface area contributed by atoms with Crippen LogP contribution in [0.25, 0.3) is 0 Å².